The number of imide groups is 1. The number of nitrogens with one attached hydrogen (secondary N) is 1. The molecule has 0 radical (unpaired) electrons. The monoisotopic (exact) mass is 432 g/mol. The van der Waals surface area contributed by atoms with Crippen LogP contribution in [0.5, 0.6) is 11.5 Å². The molecular weight excluding hydrogens is 411 g/mol. The van der Waals surface area contributed by atoms with Gasteiger partial charge in [-0.05, 0) is 54.8 Å². The summed E-state index contributed by atoms with van der Waals surface area (Å²) in [7, 11) is 0. The molecule has 8 heteroatoms. The third-order valence-electron chi connectivity index (χ3n) is 4.35. The molecule has 2 aromatic rings. The van der Waals surface area contributed by atoms with Crippen molar-refractivity contribution in [3.63, 3.8) is 0 Å². The van der Waals surface area contributed by atoms with Gasteiger partial charge in [-0.3, -0.25) is 9.69 Å². The van der Waals surface area contributed by atoms with Gasteiger partial charge in [-0.2, -0.15) is 0 Å². The molecule has 1 N–H and O–H groups in total. The van der Waals surface area contributed by atoms with Crippen LogP contribution in [0.15, 0.2) is 42.1 Å². The minimum Gasteiger partial charge on any atom is -0.490 e. The molecule has 1 fully saturated rings. The lowest BCUT2D eigenvalue weighted by atomic mass is 10.1. The van der Waals surface area contributed by atoms with E-state index in [4.69, 9.17) is 21.1 Å². The first-order valence-corrected chi connectivity index (χ1v) is 9.98. The van der Waals surface area contributed by atoms with Gasteiger partial charge in [0, 0.05) is 6.54 Å². The Morgan fingerprint density at radius 2 is 1.87 bits per heavy atom. The molecule has 3 amide bonds. The van der Waals surface area contributed by atoms with Gasteiger partial charge in [0.2, 0.25) is 0 Å². The van der Waals surface area contributed by atoms with Crippen molar-refractivity contribution in [3.8, 4) is 11.5 Å². The first kappa shape index (κ1) is 21.6. The van der Waals surface area contributed by atoms with Gasteiger partial charge in [-0.15, -0.1) is 0 Å². The molecule has 0 spiro atoms. The van der Waals surface area contributed by atoms with Crippen LogP contribution in [0.2, 0.25) is 5.02 Å². The molecule has 158 valence electrons. The largest absolute Gasteiger partial charge is 0.490 e. The summed E-state index contributed by atoms with van der Waals surface area (Å²) in [5, 5.41) is 2.87. The second-order valence-corrected chi connectivity index (χ2v) is 7.03. The van der Waals surface area contributed by atoms with Crippen LogP contribution in [0.25, 0.3) is 6.08 Å². The van der Waals surface area contributed by atoms with Crippen molar-refractivity contribution < 1.29 is 23.5 Å². The molecule has 1 aliphatic rings. The highest BCUT2D eigenvalue weighted by atomic mass is 35.5. The van der Waals surface area contributed by atoms with Crippen molar-refractivity contribution >= 4 is 29.6 Å². The zero-order valence-corrected chi connectivity index (χ0v) is 17.5. The number of amides is 3. The highest BCUT2D eigenvalue weighted by molar-refractivity contribution is 6.32. The summed E-state index contributed by atoms with van der Waals surface area (Å²) in [4.78, 5) is 25.5. The van der Waals surface area contributed by atoms with E-state index in [0.29, 0.717) is 36.6 Å². The number of ether oxygens (including phenoxy) is 2. The summed E-state index contributed by atoms with van der Waals surface area (Å²) in [6.45, 7) is 4.63. The van der Waals surface area contributed by atoms with Crippen molar-refractivity contribution in [2.75, 3.05) is 13.2 Å². The molecule has 1 aliphatic heterocycles. The molecule has 3 rings (SSSR count). The van der Waals surface area contributed by atoms with Gasteiger partial charge in [0.1, 0.15) is 18.1 Å². The third-order valence-corrected chi connectivity index (χ3v) is 4.63. The van der Waals surface area contributed by atoms with E-state index in [-0.39, 0.29) is 29.1 Å². The van der Waals surface area contributed by atoms with Gasteiger partial charge in [0.15, 0.2) is 11.5 Å². The van der Waals surface area contributed by atoms with Crippen molar-refractivity contribution in [3.05, 3.63) is 64.1 Å². The summed E-state index contributed by atoms with van der Waals surface area (Å²) in [6.07, 6.45) is 2.22. The Bertz CT molecular complexity index is 976. The first-order chi connectivity index (χ1) is 14.4. The zero-order chi connectivity index (χ0) is 21.7. The summed E-state index contributed by atoms with van der Waals surface area (Å²) in [5.74, 6) is 0.0448. The Kier molecular flexibility index (Phi) is 6.95. The number of rotatable bonds is 8. The Morgan fingerprint density at radius 3 is 2.53 bits per heavy atom. The van der Waals surface area contributed by atoms with E-state index in [1.165, 1.54) is 12.1 Å². The maximum Gasteiger partial charge on any atom is 0.329 e. The minimum atomic E-state index is -0.441. The van der Waals surface area contributed by atoms with Crippen LogP contribution >= 0.6 is 11.6 Å². The van der Waals surface area contributed by atoms with Crippen molar-refractivity contribution in [1.82, 2.24) is 10.2 Å². The summed E-state index contributed by atoms with van der Waals surface area (Å²) < 4.78 is 24.5. The van der Waals surface area contributed by atoms with E-state index >= 15 is 0 Å². The third kappa shape index (κ3) is 4.91. The number of nitrogens with zero attached hydrogens (tertiary/aromatic N) is 1. The van der Waals surface area contributed by atoms with Crippen LogP contribution in [0, 0.1) is 5.82 Å². The molecule has 6 nitrogen and oxygen atoms in total. The fourth-order valence-corrected chi connectivity index (χ4v) is 3.25. The van der Waals surface area contributed by atoms with Crippen LogP contribution in [0.4, 0.5) is 9.18 Å². The topological polar surface area (TPSA) is 67.9 Å². The Labute approximate surface area is 179 Å². The van der Waals surface area contributed by atoms with E-state index < -0.39 is 6.03 Å². The second-order valence-electron chi connectivity index (χ2n) is 6.62. The van der Waals surface area contributed by atoms with Gasteiger partial charge in [0.25, 0.3) is 5.91 Å². The van der Waals surface area contributed by atoms with Gasteiger partial charge in [0.05, 0.1) is 11.6 Å². The molecule has 0 aliphatic carbocycles. The average Bonchev–Trinajstić information content (AvgIpc) is 2.97. The molecule has 1 saturated heterocycles. The molecule has 30 heavy (non-hydrogen) atoms. The maximum absolute atomic E-state index is 13.1. The molecular formula is C22H22ClFN2O4. The number of carbonyl (C=O) groups is 2. The Morgan fingerprint density at radius 1 is 1.13 bits per heavy atom. The first-order valence-electron chi connectivity index (χ1n) is 9.61. The lowest BCUT2D eigenvalue weighted by molar-refractivity contribution is -0.122. The number of benzene rings is 2. The molecule has 0 saturated carbocycles. The predicted molar refractivity (Wildman–Crippen MR) is 112 cm³/mol. The number of hydrogen-bond acceptors (Lipinski definition) is 4. The SMILES string of the molecule is CCCN1C(=O)N/C(=C/c2cc(Cl)c(OCc3ccc(F)cc3)c(OCC)c2)C1=O. The number of hydrogen-bond donors (Lipinski definition) is 1. The van der Waals surface area contributed by atoms with E-state index in [0.717, 1.165) is 10.5 Å². The van der Waals surface area contributed by atoms with Gasteiger partial charge >= 0.3 is 6.03 Å². The van der Waals surface area contributed by atoms with Crippen LogP contribution in [-0.4, -0.2) is 30.0 Å². The second kappa shape index (κ2) is 9.63. The average molecular weight is 433 g/mol. The number of halogens is 2. The van der Waals surface area contributed by atoms with Gasteiger partial charge in [-0.1, -0.05) is 30.7 Å². The quantitative estimate of drug-likeness (QED) is 0.482. The van der Waals surface area contributed by atoms with E-state index in [1.807, 2.05) is 13.8 Å². The maximum atomic E-state index is 13.1. The molecule has 0 bridgehead atoms. The van der Waals surface area contributed by atoms with Crippen molar-refractivity contribution in [1.29, 1.82) is 0 Å². The van der Waals surface area contributed by atoms with E-state index in [1.54, 1.807) is 30.3 Å². The summed E-state index contributed by atoms with van der Waals surface area (Å²) in [6, 6.07) is 8.83. The van der Waals surface area contributed by atoms with Crippen molar-refractivity contribution in [2.45, 2.75) is 26.9 Å². The molecule has 0 aromatic heterocycles. The standard InChI is InChI=1S/C22H22ClFN2O4/c1-3-9-26-21(27)18(25-22(26)28)11-15-10-17(23)20(19(12-15)29-4-2)30-13-14-5-7-16(24)8-6-14/h5-8,10-12H,3-4,9,13H2,1-2H3,(H,25,28)/b18-11+. The fraction of sp³-hybridized carbons (Fsp3) is 0.273. The number of carbonyl (C=O) groups excluding carboxylic acids is 2. The van der Waals surface area contributed by atoms with Crippen LogP contribution in [-0.2, 0) is 11.4 Å². The molecule has 0 unspecified atom stereocenters. The van der Waals surface area contributed by atoms with Crippen LogP contribution in [0.3, 0.4) is 0 Å². The predicted octanol–water partition coefficient (Wildman–Crippen LogP) is 4.76. The smallest absolute Gasteiger partial charge is 0.329 e. The van der Waals surface area contributed by atoms with Gasteiger partial charge in [-0.25, -0.2) is 9.18 Å². The normalized spacial score (nSPS) is 14.9. The highest BCUT2D eigenvalue weighted by Gasteiger charge is 2.32. The minimum absolute atomic E-state index is 0.173. The van der Waals surface area contributed by atoms with Crippen LogP contribution in [0.1, 0.15) is 31.4 Å². The fourth-order valence-electron chi connectivity index (χ4n) is 2.98. The van der Waals surface area contributed by atoms with E-state index in [9.17, 15) is 14.0 Å². The van der Waals surface area contributed by atoms with Crippen molar-refractivity contribution in [2.24, 2.45) is 0 Å². The summed E-state index contributed by atoms with van der Waals surface area (Å²) in [5.41, 5.74) is 1.53. The number of urea groups is 1. The zero-order valence-electron chi connectivity index (χ0n) is 16.7. The Hall–Kier alpha value is -3.06. The highest BCUT2D eigenvalue weighted by Crippen LogP contribution is 2.38. The molecule has 1 heterocycles. The Balaban J connectivity index is 1.85. The van der Waals surface area contributed by atoms with Crippen LogP contribution < -0.4 is 14.8 Å². The lowest BCUT2D eigenvalue weighted by Gasteiger charge is -2.15. The van der Waals surface area contributed by atoms with Gasteiger partial charge < -0.3 is 14.8 Å². The molecule has 0 atom stereocenters. The summed E-state index contributed by atoms with van der Waals surface area (Å²) >= 11 is 6.41. The molecule has 2 aromatic carbocycles. The lowest BCUT2D eigenvalue weighted by Crippen LogP contribution is -2.31. The van der Waals surface area contributed by atoms with E-state index in [2.05, 4.69) is 5.32 Å².